The van der Waals surface area contributed by atoms with Crippen molar-refractivity contribution in [3.8, 4) is 11.4 Å². The lowest BCUT2D eigenvalue weighted by molar-refractivity contribution is 0.0550. The van der Waals surface area contributed by atoms with Crippen molar-refractivity contribution >= 4 is 5.91 Å². The van der Waals surface area contributed by atoms with Gasteiger partial charge in [-0.3, -0.25) is 14.4 Å². The van der Waals surface area contributed by atoms with Crippen LogP contribution >= 0.6 is 0 Å². The molecule has 1 saturated heterocycles. The molecule has 2 aromatic heterocycles. The summed E-state index contributed by atoms with van der Waals surface area (Å²) in [6.45, 7) is 6.94. The zero-order valence-corrected chi connectivity index (χ0v) is 17.1. The molecule has 1 atom stereocenters. The SMILES string of the molecule is CCc1nn(C)cc1C(=O)N1CCN(C(C)c2nc(-c3ccccc3)no2)CC1. The number of aromatic nitrogens is 4. The monoisotopic (exact) mass is 394 g/mol. The molecule has 29 heavy (non-hydrogen) atoms. The van der Waals surface area contributed by atoms with E-state index in [-0.39, 0.29) is 11.9 Å². The lowest BCUT2D eigenvalue weighted by Gasteiger charge is -2.36. The fourth-order valence-electron chi connectivity index (χ4n) is 3.72. The molecule has 0 saturated carbocycles. The molecule has 1 amide bonds. The summed E-state index contributed by atoms with van der Waals surface area (Å²) in [5, 5.41) is 8.51. The lowest BCUT2D eigenvalue weighted by atomic mass is 10.1. The Morgan fingerprint density at radius 3 is 2.59 bits per heavy atom. The van der Waals surface area contributed by atoms with E-state index in [9.17, 15) is 4.79 Å². The van der Waals surface area contributed by atoms with Gasteiger partial charge in [-0.2, -0.15) is 10.1 Å². The van der Waals surface area contributed by atoms with Crippen LogP contribution < -0.4 is 0 Å². The minimum Gasteiger partial charge on any atom is -0.337 e. The number of hydrogen-bond donors (Lipinski definition) is 0. The molecular weight excluding hydrogens is 368 g/mol. The number of benzene rings is 1. The van der Waals surface area contributed by atoms with Gasteiger partial charge in [0.25, 0.3) is 5.91 Å². The number of amides is 1. The van der Waals surface area contributed by atoms with E-state index in [1.807, 2.05) is 55.4 Å². The van der Waals surface area contributed by atoms with E-state index < -0.39 is 0 Å². The van der Waals surface area contributed by atoms with Crippen molar-refractivity contribution in [3.63, 3.8) is 0 Å². The molecule has 3 aromatic rings. The molecule has 1 aliphatic rings. The van der Waals surface area contributed by atoms with Gasteiger partial charge in [-0.15, -0.1) is 0 Å². The lowest BCUT2D eigenvalue weighted by Crippen LogP contribution is -2.49. The van der Waals surface area contributed by atoms with Gasteiger partial charge in [0.1, 0.15) is 0 Å². The summed E-state index contributed by atoms with van der Waals surface area (Å²) in [7, 11) is 1.85. The molecule has 0 spiro atoms. The third-order valence-electron chi connectivity index (χ3n) is 5.45. The summed E-state index contributed by atoms with van der Waals surface area (Å²) >= 11 is 0. The van der Waals surface area contributed by atoms with Crippen LogP contribution in [0.4, 0.5) is 0 Å². The Bertz CT molecular complexity index is 972. The number of aryl methyl sites for hydroxylation is 2. The van der Waals surface area contributed by atoms with Crippen LogP contribution in [0.3, 0.4) is 0 Å². The average molecular weight is 394 g/mol. The van der Waals surface area contributed by atoms with E-state index in [1.54, 1.807) is 4.68 Å². The maximum Gasteiger partial charge on any atom is 0.257 e. The quantitative estimate of drug-likeness (QED) is 0.662. The minimum atomic E-state index is 0.00168. The normalized spacial score (nSPS) is 16.2. The molecule has 0 bridgehead atoms. The molecule has 0 N–H and O–H groups in total. The topological polar surface area (TPSA) is 80.3 Å². The third kappa shape index (κ3) is 3.93. The first kappa shape index (κ1) is 19.3. The van der Waals surface area contributed by atoms with Gasteiger partial charge in [-0.05, 0) is 13.3 Å². The van der Waals surface area contributed by atoms with Gasteiger partial charge in [0.2, 0.25) is 11.7 Å². The molecule has 152 valence electrons. The van der Waals surface area contributed by atoms with E-state index in [0.717, 1.165) is 30.8 Å². The first-order chi connectivity index (χ1) is 14.1. The highest BCUT2D eigenvalue weighted by Gasteiger charge is 2.29. The highest BCUT2D eigenvalue weighted by atomic mass is 16.5. The minimum absolute atomic E-state index is 0.00168. The second-order valence-corrected chi connectivity index (χ2v) is 7.34. The summed E-state index contributed by atoms with van der Waals surface area (Å²) in [6.07, 6.45) is 2.57. The van der Waals surface area contributed by atoms with Crippen LogP contribution in [0.1, 0.15) is 41.8 Å². The van der Waals surface area contributed by atoms with Gasteiger partial charge >= 0.3 is 0 Å². The van der Waals surface area contributed by atoms with E-state index in [1.165, 1.54) is 0 Å². The molecule has 1 aromatic carbocycles. The van der Waals surface area contributed by atoms with Gasteiger partial charge in [0, 0.05) is 45.0 Å². The highest BCUT2D eigenvalue weighted by molar-refractivity contribution is 5.95. The van der Waals surface area contributed by atoms with Crippen molar-refractivity contribution in [1.82, 2.24) is 29.7 Å². The predicted octanol–water partition coefficient (Wildman–Crippen LogP) is 2.55. The van der Waals surface area contributed by atoms with E-state index in [4.69, 9.17) is 4.52 Å². The molecule has 0 aliphatic carbocycles. The molecule has 1 aliphatic heterocycles. The summed E-state index contributed by atoms with van der Waals surface area (Å²) in [6, 6.07) is 9.80. The largest absolute Gasteiger partial charge is 0.337 e. The third-order valence-corrected chi connectivity index (χ3v) is 5.45. The van der Waals surface area contributed by atoms with Crippen molar-refractivity contribution in [1.29, 1.82) is 0 Å². The van der Waals surface area contributed by atoms with E-state index in [2.05, 4.69) is 27.1 Å². The zero-order chi connectivity index (χ0) is 20.4. The van der Waals surface area contributed by atoms with E-state index >= 15 is 0 Å². The second kappa shape index (κ2) is 8.16. The Labute approximate surface area is 170 Å². The summed E-state index contributed by atoms with van der Waals surface area (Å²) in [5.41, 5.74) is 2.50. The Morgan fingerprint density at radius 2 is 1.90 bits per heavy atom. The fraction of sp³-hybridized carbons (Fsp3) is 0.429. The Morgan fingerprint density at radius 1 is 1.17 bits per heavy atom. The van der Waals surface area contributed by atoms with Crippen LogP contribution in [0.5, 0.6) is 0 Å². The fourth-order valence-corrected chi connectivity index (χ4v) is 3.72. The van der Waals surface area contributed by atoms with Gasteiger partial charge in [-0.25, -0.2) is 0 Å². The first-order valence-corrected chi connectivity index (χ1v) is 10.0. The average Bonchev–Trinajstić information content (AvgIpc) is 3.40. The first-order valence-electron chi connectivity index (χ1n) is 10.0. The van der Waals surface area contributed by atoms with Crippen LogP contribution in [0.25, 0.3) is 11.4 Å². The van der Waals surface area contributed by atoms with Crippen LogP contribution in [0.2, 0.25) is 0 Å². The maximum absolute atomic E-state index is 12.9. The van der Waals surface area contributed by atoms with Crippen molar-refractivity contribution in [3.05, 3.63) is 53.7 Å². The van der Waals surface area contributed by atoms with E-state index in [0.29, 0.717) is 30.4 Å². The van der Waals surface area contributed by atoms with Gasteiger partial charge in [-0.1, -0.05) is 42.4 Å². The number of piperazine rings is 1. The highest BCUT2D eigenvalue weighted by Crippen LogP contribution is 2.24. The Kier molecular flexibility index (Phi) is 5.44. The molecule has 4 rings (SSSR count). The standard InChI is InChI=1S/C21H26N6O2/c1-4-18-17(14-25(3)23-18)21(28)27-12-10-26(11-13-27)15(2)20-22-19(24-29-20)16-8-6-5-7-9-16/h5-9,14-15H,4,10-13H2,1-3H3. The molecule has 1 unspecified atom stereocenters. The smallest absolute Gasteiger partial charge is 0.257 e. The number of carbonyl (C=O) groups is 1. The Balaban J connectivity index is 1.39. The van der Waals surface area contributed by atoms with Gasteiger partial charge in [0.05, 0.1) is 17.3 Å². The summed E-state index contributed by atoms with van der Waals surface area (Å²) in [4.78, 5) is 21.7. The van der Waals surface area contributed by atoms with Crippen molar-refractivity contribution in [2.75, 3.05) is 26.2 Å². The van der Waals surface area contributed by atoms with Crippen molar-refractivity contribution in [2.45, 2.75) is 26.3 Å². The molecule has 3 heterocycles. The molecule has 0 radical (unpaired) electrons. The Hall–Kier alpha value is -3.00. The van der Waals surface area contributed by atoms with Crippen LogP contribution in [-0.2, 0) is 13.5 Å². The van der Waals surface area contributed by atoms with Gasteiger partial charge in [0.15, 0.2) is 0 Å². The molecule has 8 heteroatoms. The van der Waals surface area contributed by atoms with Gasteiger partial charge < -0.3 is 9.42 Å². The number of nitrogens with zero attached hydrogens (tertiary/aromatic N) is 6. The summed E-state index contributed by atoms with van der Waals surface area (Å²) in [5.74, 6) is 1.26. The molecule has 8 nitrogen and oxygen atoms in total. The molecule has 1 fully saturated rings. The van der Waals surface area contributed by atoms with Crippen LogP contribution in [0.15, 0.2) is 41.1 Å². The van der Waals surface area contributed by atoms with Crippen molar-refractivity contribution < 1.29 is 9.32 Å². The maximum atomic E-state index is 12.9. The number of hydrogen-bond acceptors (Lipinski definition) is 6. The summed E-state index contributed by atoms with van der Waals surface area (Å²) < 4.78 is 7.23. The van der Waals surface area contributed by atoms with Crippen LogP contribution in [-0.4, -0.2) is 61.8 Å². The van der Waals surface area contributed by atoms with Crippen LogP contribution in [0, 0.1) is 0 Å². The zero-order valence-electron chi connectivity index (χ0n) is 17.1. The molecular formula is C21H26N6O2. The number of carbonyl (C=O) groups excluding carboxylic acids is 1. The predicted molar refractivity (Wildman–Crippen MR) is 108 cm³/mol. The number of rotatable bonds is 5. The van der Waals surface area contributed by atoms with Crippen molar-refractivity contribution in [2.24, 2.45) is 7.05 Å². The second-order valence-electron chi connectivity index (χ2n) is 7.34.